The van der Waals surface area contributed by atoms with Crippen LogP contribution in [0.25, 0.3) is 0 Å². The Morgan fingerprint density at radius 1 is 1.52 bits per heavy atom. The molecule has 2 rings (SSSR count). The molecule has 110 valence electrons. The van der Waals surface area contributed by atoms with Crippen LogP contribution >= 0.6 is 0 Å². The van der Waals surface area contributed by atoms with E-state index in [9.17, 15) is 20.0 Å². The number of benzene rings is 1. The van der Waals surface area contributed by atoms with Crippen LogP contribution in [0.15, 0.2) is 24.4 Å². The van der Waals surface area contributed by atoms with Gasteiger partial charge >= 0.3 is 0 Å². The van der Waals surface area contributed by atoms with Crippen LogP contribution in [-0.2, 0) is 13.6 Å². The lowest BCUT2D eigenvalue weighted by molar-refractivity contribution is -0.385. The lowest BCUT2D eigenvalue weighted by Crippen LogP contribution is -2.24. The number of nitro benzene ring substituents is 1. The molecule has 0 atom stereocenters. The average molecular weight is 290 g/mol. The Bertz CT molecular complexity index is 708. The Hall–Kier alpha value is -2.90. The van der Waals surface area contributed by atoms with Crippen LogP contribution in [0.1, 0.15) is 21.6 Å². The highest BCUT2D eigenvalue weighted by molar-refractivity contribution is 5.98. The summed E-state index contributed by atoms with van der Waals surface area (Å²) in [5, 5.41) is 26.9. The fraction of sp³-hybridized carbons (Fsp3) is 0.231. The van der Waals surface area contributed by atoms with Gasteiger partial charge in [-0.1, -0.05) is 0 Å². The van der Waals surface area contributed by atoms with Crippen molar-refractivity contribution in [3.8, 4) is 5.75 Å². The van der Waals surface area contributed by atoms with Crippen LogP contribution in [0.4, 0.5) is 5.69 Å². The maximum atomic E-state index is 12.1. The molecule has 0 fully saturated rings. The summed E-state index contributed by atoms with van der Waals surface area (Å²) in [6.07, 6.45) is 1.62. The first-order valence-corrected chi connectivity index (χ1v) is 6.13. The lowest BCUT2D eigenvalue weighted by atomic mass is 10.1. The van der Waals surface area contributed by atoms with Crippen LogP contribution in [0, 0.1) is 17.0 Å². The molecule has 1 heterocycles. The van der Waals surface area contributed by atoms with Crippen molar-refractivity contribution in [3.63, 3.8) is 0 Å². The molecule has 2 N–H and O–H groups in total. The highest BCUT2D eigenvalue weighted by atomic mass is 16.6. The molecule has 0 aliphatic rings. The number of hydrogen-bond donors (Lipinski definition) is 2. The molecule has 2 aromatic rings. The number of nitrogens with one attached hydrogen (secondary N) is 1. The number of amides is 1. The SMILES string of the molecule is Cc1c(CNC(=O)c2cc(O)ccc2[N+](=O)[O-])cnn1C. The van der Waals surface area contributed by atoms with E-state index in [2.05, 4.69) is 10.4 Å². The zero-order chi connectivity index (χ0) is 15.6. The summed E-state index contributed by atoms with van der Waals surface area (Å²) in [6.45, 7) is 2.05. The van der Waals surface area contributed by atoms with Gasteiger partial charge in [-0.25, -0.2) is 0 Å². The molecule has 0 radical (unpaired) electrons. The second-order valence-corrected chi connectivity index (χ2v) is 4.52. The number of carbonyl (C=O) groups excluding carboxylic acids is 1. The van der Waals surface area contributed by atoms with Gasteiger partial charge in [-0.2, -0.15) is 5.10 Å². The van der Waals surface area contributed by atoms with Crippen LogP contribution in [0.2, 0.25) is 0 Å². The topological polar surface area (TPSA) is 110 Å². The molecule has 0 spiro atoms. The van der Waals surface area contributed by atoms with Crippen molar-refractivity contribution >= 4 is 11.6 Å². The molecule has 1 amide bonds. The van der Waals surface area contributed by atoms with Gasteiger partial charge in [-0.15, -0.1) is 0 Å². The normalized spacial score (nSPS) is 10.4. The quantitative estimate of drug-likeness (QED) is 0.650. The van der Waals surface area contributed by atoms with Crippen molar-refractivity contribution in [2.45, 2.75) is 13.5 Å². The van der Waals surface area contributed by atoms with E-state index in [1.54, 1.807) is 17.9 Å². The molecule has 8 heteroatoms. The molecular formula is C13H14N4O4. The number of aryl methyl sites for hydroxylation is 1. The molecule has 8 nitrogen and oxygen atoms in total. The minimum atomic E-state index is -0.663. The van der Waals surface area contributed by atoms with Gasteiger partial charge in [0.05, 0.1) is 11.1 Å². The fourth-order valence-corrected chi connectivity index (χ4v) is 1.85. The Morgan fingerprint density at radius 3 is 2.81 bits per heavy atom. The van der Waals surface area contributed by atoms with Gasteiger partial charge in [0.1, 0.15) is 11.3 Å². The number of hydrogen-bond acceptors (Lipinski definition) is 5. The summed E-state index contributed by atoms with van der Waals surface area (Å²) in [6, 6.07) is 3.34. The van der Waals surface area contributed by atoms with Crippen molar-refractivity contribution in [3.05, 3.63) is 51.3 Å². The monoisotopic (exact) mass is 290 g/mol. The summed E-state index contributed by atoms with van der Waals surface area (Å²) in [7, 11) is 1.78. The lowest BCUT2D eigenvalue weighted by Gasteiger charge is -2.06. The van der Waals surface area contributed by atoms with Crippen LogP contribution in [-0.4, -0.2) is 25.7 Å². The maximum absolute atomic E-state index is 12.1. The molecule has 1 aromatic carbocycles. The Morgan fingerprint density at radius 2 is 2.24 bits per heavy atom. The molecule has 0 bridgehead atoms. The van der Waals surface area contributed by atoms with Gasteiger partial charge in [0.25, 0.3) is 11.6 Å². The van der Waals surface area contributed by atoms with Crippen molar-refractivity contribution in [2.24, 2.45) is 7.05 Å². The van der Waals surface area contributed by atoms with E-state index in [1.165, 1.54) is 6.07 Å². The van der Waals surface area contributed by atoms with Crippen LogP contribution in [0.3, 0.4) is 0 Å². The summed E-state index contributed by atoms with van der Waals surface area (Å²) < 4.78 is 1.66. The molecule has 1 aromatic heterocycles. The van der Waals surface area contributed by atoms with E-state index in [0.717, 1.165) is 23.4 Å². The zero-order valence-corrected chi connectivity index (χ0v) is 11.5. The molecular weight excluding hydrogens is 276 g/mol. The summed E-state index contributed by atoms with van der Waals surface area (Å²) in [4.78, 5) is 22.3. The second-order valence-electron chi connectivity index (χ2n) is 4.52. The number of carbonyl (C=O) groups is 1. The number of aromatic nitrogens is 2. The summed E-state index contributed by atoms with van der Waals surface area (Å²) >= 11 is 0. The van der Waals surface area contributed by atoms with Gasteiger partial charge in [0.15, 0.2) is 0 Å². The van der Waals surface area contributed by atoms with Crippen molar-refractivity contribution in [1.29, 1.82) is 0 Å². The third kappa shape index (κ3) is 2.99. The first-order chi connectivity index (χ1) is 9.90. The van der Waals surface area contributed by atoms with E-state index in [1.807, 2.05) is 6.92 Å². The molecule has 0 saturated carbocycles. The predicted molar refractivity (Wildman–Crippen MR) is 73.9 cm³/mol. The van der Waals surface area contributed by atoms with Gasteiger partial charge in [-0.3, -0.25) is 19.6 Å². The molecule has 0 aliphatic carbocycles. The predicted octanol–water partition coefficient (Wildman–Crippen LogP) is 1.27. The van der Waals surface area contributed by atoms with Crippen molar-refractivity contribution in [2.75, 3.05) is 0 Å². The zero-order valence-electron chi connectivity index (χ0n) is 11.5. The Labute approximate surface area is 120 Å². The number of phenolic OH excluding ortho intramolecular Hbond substituents is 1. The van der Waals surface area contributed by atoms with Crippen molar-refractivity contribution in [1.82, 2.24) is 15.1 Å². The smallest absolute Gasteiger partial charge is 0.282 e. The largest absolute Gasteiger partial charge is 0.508 e. The van der Waals surface area contributed by atoms with E-state index >= 15 is 0 Å². The third-order valence-corrected chi connectivity index (χ3v) is 3.20. The summed E-state index contributed by atoms with van der Waals surface area (Å²) in [5.41, 5.74) is 1.17. The summed E-state index contributed by atoms with van der Waals surface area (Å²) in [5.74, 6) is -0.829. The average Bonchev–Trinajstić information content (AvgIpc) is 2.75. The number of phenols is 1. The number of nitrogens with zero attached hydrogens (tertiary/aromatic N) is 3. The van der Waals surface area contributed by atoms with E-state index < -0.39 is 10.8 Å². The minimum Gasteiger partial charge on any atom is -0.508 e. The van der Waals surface area contributed by atoms with E-state index in [4.69, 9.17) is 0 Å². The molecule has 0 aliphatic heterocycles. The third-order valence-electron chi connectivity index (χ3n) is 3.20. The fourth-order valence-electron chi connectivity index (χ4n) is 1.85. The molecule has 0 saturated heterocycles. The van der Waals surface area contributed by atoms with Gasteiger partial charge in [-0.05, 0) is 19.1 Å². The van der Waals surface area contributed by atoms with Crippen LogP contribution < -0.4 is 5.32 Å². The van der Waals surface area contributed by atoms with Crippen molar-refractivity contribution < 1.29 is 14.8 Å². The molecule has 21 heavy (non-hydrogen) atoms. The van der Waals surface area contributed by atoms with E-state index in [-0.39, 0.29) is 23.5 Å². The first kappa shape index (κ1) is 14.5. The highest BCUT2D eigenvalue weighted by Gasteiger charge is 2.20. The maximum Gasteiger partial charge on any atom is 0.282 e. The van der Waals surface area contributed by atoms with Crippen LogP contribution in [0.5, 0.6) is 5.75 Å². The van der Waals surface area contributed by atoms with Gasteiger partial charge in [0, 0.05) is 30.9 Å². The molecule has 0 unspecified atom stereocenters. The Balaban J connectivity index is 2.19. The Kier molecular flexibility index (Phi) is 3.88. The highest BCUT2D eigenvalue weighted by Crippen LogP contribution is 2.23. The second kappa shape index (κ2) is 5.61. The number of nitro groups is 1. The van der Waals surface area contributed by atoms with Gasteiger partial charge in [0.2, 0.25) is 0 Å². The first-order valence-electron chi connectivity index (χ1n) is 6.13. The van der Waals surface area contributed by atoms with E-state index in [0.29, 0.717) is 0 Å². The number of rotatable bonds is 4. The number of aromatic hydroxyl groups is 1. The standard InChI is InChI=1S/C13H14N4O4/c1-8-9(7-15-16(8)2)6-14-13(19)11-5-10(18)3-4-12(11)17(20)21/h3-5,7,18H,6H2,1-2H3,(H,14,19). The van der Waals surface area contributed by atoms with Gasteiger partial charge < -0.3 is 10.4 Å². The minimum absolute atomic E-state index is 0.179.